The highest BCUT2D eigenvalue weighted by molar-refractivity contribution is 6.08. The topological polar surface area (TPSA) is 20.3 Å². The molecule has 21 heavy (non-hydrogen) atoms. The number of hydrogen-bond acceptors (Lipinski definition) is 2. The van der Waals surface area contributed by atoms with Gasteiger partial charge in [0, 0.05) is 17.7 Å². The Balaban J connectivity index is 1.67. The van der Waals surface area contributed by atoms with Gasteiger partial charge in [0.05, 0.1) is 0 Å². The predicted molar refractivity (Wildman–Crippen MR) is 85.4 cm³/mol. The molecule has 2 aromatic rings. The quantitative estimate of drug-likeness (QED) is 0.791. The highest BCUT2D eigenvalue weighted by Crippen LogP contribution is 2.15. The fourth-order valence-corrected chi connectivity index (χ4v) is 2.89. The molecule has 0 bridgehead atoms. The standard InChI is InChI=1S/C19H21NO/c21-19(17-7-3-1-4-8-17)18-11-9-16(10-12-18)15-20-13-5-2-6-14-20/h1,3-4,7-12H,2,5-6,13-15H2. The summed E-state index contributed by atoms with van der Waals surface area (Å²) >= 11 is 0. The van der Waals surface area contributed by atoms with Crippen molar-refractivity contribution in [3.8, 4) is 0 Å². The van der Waals surface area contributed by atoms with Gasteiger partial charge in [0.15, 0.2) is 5.78 Å². The van der Waals surface area contributed by atoms with E-state index in [1.165, 1.54) is 37.9 Å². The van der Waals surface area contributed by atoms with E-state index in [4.69, 9.17) is 0 Å². The van der Waals surface area contributed by atoms with E-state index in [2.05, 4.69) is 17.0 Å². The summed E-state index contributed by atoms with van der Waals surface area (Å²) in [6.45, 7) is 3.40. The molecule has 1 aliphatic rings. The molecule has 2 nitrogen and oxygen atoms in total. The molecule has 1 heterocycles. The zero-order chi connectivity index (χ0) is 14.5. The highest BCUT2D eigenvalue weighted by Gasteiger charge is 2.11. The number of carbonyl (C=O) groups is 1. The zero-order valence-corrected chi connectivity index (χ0v) is 12.3. The second-order valence-electron chi connectivity index (χ2n) is 5.73. The maximum atomic E-state index is 12.3. The Morgan fingerprint density at radius 2 is 1.43 bits per heavy atom. The molecule has 0 saturated carbocycles. The van der Waals surface area contributed by atoms with E-state index in [9.17, 15) is 4.79 Å². The van der Waals surface area contributed by atoms with Crippen LogP contribution in [0.3, 0.4) is 0 Å². The Kier molecular flexibility index (Phi) is 4.46. The molecule has 0 N–H and O–H groups in total. The number of rotatable bonds is 4. The van der Waals surface area contributed by atoms with Crippen LogP contribution < -0.4 is 0 Å². The third kappa shape index (κ3) is 3.59. The van der Waals surface area contributed by atoms with Crippen molar-refractivity contribution >= 4 is 5.78 Å². The molecule has 0 spiro atoms. The van der Waals surface area contributed by atoms with E-state index in [1.807, 2.05) is 42.5 Å². The summed E-state index contributed by atoms with van der Waals surface area (Å²) in [5, 5.41) is 0. The number of ketones is 1. The molecule has 108 valence electrons. The number of hydrogen-bond donors (Lipinski definition) is 0. The van der Waals surface area contributed by atoms with Gasteiger partial charge in [0.1, 0.15) is 0 Å². The van der Waals surface area contributed by atoms with Crippen molar-refractivity contribution in [1.29, 1.82) is 0 Å². The lowest BCUT2D eigenvalue weighted by atomic mass is 10.0. The van der Waals surface area contributed by atoms with E-state index in [0.717, 1.165) is 17.7 Å². The lowest BCUT2D eigenvalue weighted by Gasteiger charge is -2.26. The van der Waals surface area contributed by atoms with E-state index in [0.29, 0.717) is 0 Å². The van der Waals surface area contributed by atoms with Crippen molar-refractivity contribution in [3.05, 3.63) is 71.3 Å². The number of carbonyl (C=O) groups excluding carboxylic acids is 1. The summed E-state index contributed by atoms with van der Waals surface area (Å²) < 4.78 is 0. The van der Waals surface area contributed by atoms with Gasteiger partial charge in [-0.1, -0.05) is 61.0 Å². The van der Waals surface area contributed by atoms with Crippen LogP contribution >= 0.6 is 0 Å². The van der Waals surface area contributed by atoms with E-state index < -0.39 is 0 Å². The maximum Gasteiger partial charge on any atom is 0.193 e. The largest absolute Gasteiger partial charge is 0.299 e. The number of likely N-dealkylation sites (tertiary alicyclic amines) is 1. The smallest absolute Gasteiger partial charge is 0.193 e. The minimum Gasteiger partial charge on any atom is -0.299 e. The Morgan fingerprint density at radius 3 is 2.10 bits per heavy atom. The van der Waals surface area contributed by atoms with Crippen LogP contribution in [0.1, 0.15) is 40.7 Å². The number of piperidine rings is 1. The number of nitrogens with zero attached hydrogens (tertiary/aromatic N) is 1. The molecule has 0 radical (unpaired) electrons. The highest BCUT2D eigenvalue weighted by atomic mass is 16.1. The average Bonchev–Trinajstić information content (AvgIpc) is 2.57. The lowest BCUT2D eigenvalue weighted by molar-refractivity contribution is 0.103. The monoisotopic (exact) mass is 279 g/mol. The molecule has 1 aliphatic heterocycles. The summed E-state index contributed by atoms with van der Waals surface area (Å²) in [6, 6.07) is 17.5. The van der Waals surface area contributed by atoms with Crippen molar-refractivity contribution in [2.45, 2.75) is 25.8 Å². The van der Waals surface area contributed by atoms with Gasteiger partial charge < -0.3 is 0 Å². The predicted octanol–water partition coefficient (Wildman–Crippen LogP) is 3.90. The first-order valence-corrected chi connectivity index (χ1v) is 7.74. The molecule has 0 amide bonds. The first kappa shape index (κ1) is 14.0. The van der Waals surface area contributed by atoms with Crippen molar-refractivity contribution in [2.24, 2.45) is 0 Å². The van der Waals surface area contributed by atoms with Crippen LogP contribution in [0.5, 0.6) is 0 Å². The average molecular weight is 279 g/mol. The van der Waals surface area contributed by atoms with Crippen LogP contribution in [0.4, 0.5) is 0 Å². The second kappa shape index (κ2) is 6.68. The normalized spacial score (nSPS) is 15.8. The summed E-state index contributed by atoms with van der Waals surface area (Å²) in [5.41, 5.74) is 2.81. The van der Waals surface area contributed by atoms with Gasteiger partial charge in [-0.25, -0.2) is 0 Å². The molecule has 2 heteroatoms. The van der Waals surface area contributed by atoms with Crippen LogP contribution in [0, 0.1) is 0 Å². The van der Waals surface area contributed by atoms with Crippen molar-refractivity contribution < 1.29 is 4.79 Å². The van der Waals surface area contributed by atoms with Crippen LogP contribution in [-0.2, 0) is 6.54 Å². The minimum atomic E-state index is 0.0973. The third-order valence-corrected chi connectivity index (χ3v) is 4.11. The summed E-state index contributed by atoms with van der Waals surface area (Å²) in [6.07, 6.45) is 3.98. The maximum absolute atomic E-state index is 12.3. The lowest BCUT2D eigenvalue weighted by Crippen LogP contribution is -2.29. The van der Waals surface area contributed by atoms with Gasteiger partial charge in [-0.2, -0.15) is 0 Å². The Hall–Kier alpha value is -1.93. The van der Waals surface area contributed by atoms with Crippen molar-refractivity contribution in [3.63, 3.8) is 0 Å². The van der Waals surface area contributed by atoms with E-state index in [-0.39, 0.29) is 5.78 Å². The molecule has 0 aromatic heterocycles. The molecule has 0 aliphatic carbocycles. The minimum absolute atomic E-state index is 0.0973. The molecule has 0 unspecified atom stereocenters. The van der Waals surface area contributed by atoms with E-state index >= 15 is 0 Å². The Bertz CT molecular complexity index is 583. The van der Waals surface area contributed by atoms with Gasteiger partial charge in [0.2, 0.25) is 0 Å². The first-order valence-electron chi connectivity index (χ1n) is 7.74. The van der Waals surface area contributed by atoms with Gasteiger partial charge in [-0.15, -0.1) is 0 Å². The Morgan fingerprint density at radius 1 is 0.810 bits per heavy atom. The fourth-order valence-electron chi connectivity index (χ4n) is 2.89. The first-order chi connectivity index (χ1) is 10.3. The van der Waals surface area contributed by atoms with Crippen LogP contribution in [0.15, 0.2) is 54.6 Å². The van der Waals surface area contributed by atoms with Gasteiger partial charge in [-0.05, 0) is 31.5 Å². The summed E-state index contributed by atoms with van der Waals surface area (Å²) in [4.78, 5) is 14.8. The molecular formula is C19H21NO. The molecule has 1 saturated heterocycles. The van der Waals surface area contributed by atoms with Crippen molar-refractivity contribution in [2.75, 3.05) is 13.1 Å². The molecule has 0 atom stereocenters. The third-order valence-electron chi connectivity index (χ3n) is 4.11. The Labute approximate surface area is 126 Å². The number of benzene rings is 2. The summed E-state index contributed by atoms with van der Waals surface area (Å²) in [5.74, 6) is 0.0973. The van der Waals surface area contributed by atoms with Gasteiger partial charge >= 0.3 is 0 Å². The molecular weight excluding hydrogens is 258 g/mol. The molecule has 1 fully saturated rings. The molecule has 3 rings (SSSR count). The fraction of sp³-hybridized carbons (Fsp3) is 0.316. The van der Waals surface area contributed by atoms with Gasteiger partial charge in [-0.3, -0.25) is 9.69 Å². The second-order valence-corrected chi connectivity index (χ2v) is 5.73. The SMILES string of the molecule is O=C(c1ccccc1)c1ccc(CN2CCCCC2)cc1. The van der Waals surface area contributed by atoms with Crippen LogP contribution in [0.25, 0.3) is 0 Å². The van der Waals surface area contributed by atoms with Gasteiger partial charge in [0.25, 0.3) is 0 Å². The van der Waals surface area contributed by atoms with E-state index in [1.54, 1.807) is 0 Å². The van der Waals surface area contributed by atoms with Crippen LogP contribution in [-0.4, -0.2) is 23.8 Å². The summed E-state index contributed by atoms with van der Waals surface area (Å²) in [7, 11) is 0. The van der Waals surface area contributed by atoms with Crippen LogP contribution in [0.2, 0.25) is 0 Å². The zero-order valence-electron chi connectivity index (χ0n) is 12.3. The molecule has 2 aromatic carbocycles. The van der Waals surface area contributed by atoms with Crippen molar-refractivity contribution in [1.82, 2.24) is 4.90 Å².